The third-order valence-electron chi connectivity index (χ3n) is 8.82. The predicted molar refractivity (Wildman–Crippen MR) is 142 cm³/mol. The van der Waals surface area contributed by atoms with Crippen LogP contribution in [0.5, 0.6) is 23.0 Å². The molecule has 2 N–H and O–H groups in total. The third-order valence-corrected chi connectivity index (χ3v) is 8.82. The van der Waals surface area contributed by atoms with Crippen LogP contribution >= 0.6 is 0 Å². The van der Waals surface area contributed by atoms with E-state index in [0.717, 1.165) is 25.0 Å². The van der Waals surface area contributed by atoms with Gasteiger partial charge >= 0.3 is 11.9 Å². The van der Waals surface area contributed by atoms with Crippen molar-refractivity contribution in [2.24, 2.45) is 16.7 Å². The molecule has 6 nitrogen and oxygen atoms in total. The van der Waals surface area contributed by atoms with Crippen LogP contribution in [0.15, 0.2) is 66.7 Å². The summed E-state index contributed by atoms with van der Waals surface area (Å²) in [5.41, 5.74) is 2.29. The zero-order valence-corrected chi connectivity index (χ0v) is 21.7. The third kappa shape index (κ3) is 4.42. The minimum Gasteiger partial charge on any atom is -0.478 e. The number of aromatic carboxylic acids is 2. The van der Waals surface area contributed by atoms with E-state index in [1.165, 1.54) is 37.0 Å². The SMILES string of the molecule is CC12CC3CC(C)(C1)CC(c1ccc(Oc4ccc(C(=O)O)cc4)cc1Oc1ccc(C(=O)O)cc1)(C3)C2. The highest BCUT2D eigenvalue weighted by Crippen LogP contribution is 2.70. The lowest BCUT2D eigenvalue weighted by atomic mass is 9.39. The minimum absolute atomic E-state index is 0.0287. The summed E-state index contributed by atoms with van der Waals surface area (Å²) in [6.45, 7) is 4.90. The summed E-state index contributed by atoms with van der Waals surface area (Å²) in [5, 5.41) is 18.5. The van der Waals surface area contributed by atoms with Crippen LogP contribution in [0.2, 0.25) is 0 Å². The Morgan fingerprint density at radius 2 is 1.18 bits per heavy atom. The molecule has 0 saturated heterocycles. The molecule has 4 aliphatic carbocycles. The first-order chi connectivity index (χ1) is 18.0. The summed E-state index contributed by atoms with van der Waals surface area (Å²) in [5.74, 6) is 1.18. The Balaban J connectivity index is 1.38. The summed E-state index contributed by atoms with van der Waals surface area (Å²) in [6.07, 6.45) is 7.30. The number of rotatable bonds is 7. The zero-order chi connectivity index (χ0) is 26.7. The Hall–Kier alpha value is -3.80. The molecule has 0 aromatic heterocycles. The van der Waals surface area contributed by atoms with Crippen LogP contribution in [0.1, 0.15) is 78.7 Å². The predicted octanol–water partition coefficient (Wildman–Crippen LogP) is 7.92. The number of carboxylic acid groups (broad SMARTS) is 2. The largest absolute Gasteiger partial charge is 0.478 e. The first-order valence-corrected chi connectivity index (χ1v) is 13.2. The molecule has 3 aromatic rings. The molecule has 4 bridgehead atoms. The van der Waals surface area contributed by atoms with Crippen LogP contribution in [0, 0.1) is 16.7 Å². The molecular formula is C32H32O6. The molecule has 0 aliphatic heterocycles. The Morgan fingerprint density at radius 3 is 1.68 bits per heavy atom. The summed E-state index contributed by atoms with van der Waals surface area (Å²) < 4.78 is 12.6. The highest BCUT2D eigenvalue weighted by atomic mass is 16.5. The van der Waals surface area contributed by atoms with E-state index < -0.39 is 11.9 Å². The van der Waals surface area contributed by atoms with Crippen LogP contribution in [0.4, 0.5) is 0 Å². The number of ether oxygens (including phenoxy) is 2. The van der Waals surface area contributed by atoms with Crippen LogP contribution in [0.3, 0.4) is 0 Å². The van der Waals surface area contributed by atoms with E-state index in [2.05, 4.69) is 19.9 Å². The fourth-order valence-electron chi connectivity index (χ4n) is 8.43. The van der Waals surface area contributed by atoms with Gasteiger partial charge < -0.3 is 19.7 Å². The number of hydrogen-bond donors (Lipinski definition) is 2. The molecule has 3 aromatic carbocycles. The monoisotopic (exact) mass is 512 g/mol. The van der Waals surface area contributed by atoms with Crippen molar-refractivity contribution < 1.29 is 29.3 Å². The lowest BCUT2D eigenvalue weighted by Crippen LogP contribution is -2.56. The molecule has 0 spiro atoms. The van der Waals surface area contributed by atoms with Crippen molar-refractivity contribution in [3.05, 3.63) is 83.4 Å². The van der Waals surface area contributed by atoms with E-state index in [9.17, 15) is 19.8 Å². The van der Waals surface area contributed by atoms with E-state index in [1.54, 1.807) is 36.4 Å². The van der Waals surface area contributed by atoms with Gasteiger partial charge in [0.2, 0.25) is 0 Å². The topological polar surface area (TPSA) is 93.1 Å². The summed E-state index contributed by atoms with van der Waals surface area (Å²) in [7, 11) is 0. The van der Waals surface area contributed by atoms with E-state index >= 15 is 0 Å². The van der Waals surface area contributed by atoms with Gasteiger partial charge in [0.1, 0.15) is 23.0 Å². The van der Waals surface area contributed by atoms with Crippen molar-refractivity contribution in [3.63, 3.8) is 0 Å². The average molecular weight is 513 g/mol. The number of carbonyl (C=O) groups is 2. The summed E-state index contributed by atoms with van der Waals surface area (Å²) >= 11 is 0. The quantitative estimate of drug-likeness (QED) is 0.334. The van der Waals surface area contributed by atoms with Gasteiger partial charge in [0.25, 0.3) is 0 Å². The molecule has 4 fully saturated rings. The second kappa shape index (κ2) is 8.62. The van der Waals surface area contributed by atoms with Crippen molar-refractivity contribution in [1.29, 1.82) is 0 Å². The standard InChI is InChI=1S/C32H32O6/c1-30-14-20-15-31(2,17-30)19-32(16-20,18-30)26-12-11-25(37-23-7-3-21(4-8-23)28(33)34)13-27(26)38-24-9-5-22(6-10-24)29(35)36/h3-13,20H,14-19H2,1-2H3,(H,33,34)(H,35,36). The molecule has 4 aliphatic rings. The van der Waals surface area contributed by atoms with Gasteiger partial charge in [-0.25, -0.2) is 9.59 Å². The van der Waals surface area contributed by atoms with Gasteiger partial charge in [-0.15, -0.1) is 0 Å². The second-order valence-electron chi connectivity index (χ2n) is 12.4. The number of hydrogen-bond acceptors (Lipinski definition) is 4. The van der Waals surface area contributed by atoms with Crippen LogP contribution in [0.25, 0.3) is 0 Å². The van der Waals surface area contributed by atoms with Crippen molar-refractivity contribution in [3.8, 4) is 23.0 Å². The minimum atomic E-state index is -0.983. The molecule has 0 amide bonds. The summed E-state index contributed by atoms with van der Waals surface area (Å²) in [4.78, 5) is 22.5. The lowest BCUT2D eigenvalue weighted by molar-refractivity contribution is -0.110. The maximum absolute atomic E-state index is 11.3. The molecule has 6 heteroatoms. The molecule has 196 valence electrons. The normalized spacial score (nSPS) is 29.2. The Labute approximate surface area is 222 Å². The van der Waals surface area contributed by atoms with E-state index in [-0.39, 0.29) is 16.5 Å². The second-order valence-corrected chi connectivity index (χ2v) is 12.4. The van der Waals surface area contributed by atoms with Gasteiger partial charge in [0.05, 0.1) is 11.1 Å². The molecular weight excluding hydrogens is 480 g/mol. The highest BCUT2D eigenvalue weighted by Gasteiger charge is 2.61. The van der Waals surface area contributed by atoms with Gasteiger partial charge in [0, 0.05) is 17.0 Å². The molecule has 2 unspecified atom stereocenters. The first kappa shape index (κ1) is 24.5. The highest BCUT2D eigenvalue weighted by molar-refractivity contribution is 5.88. The van der Waals surface area contributed by atoms with Crippen molar-refractivity contribution in [2.75, 3.05) is 0 Å². The van der Waals surface area contributed by atoms with Gasteiger partial charge in [-0.3, -0.25) is 0 Å². The molecule has 0 heterocycles. The molecule has 7 rings (SSSR count). The maximum atomic E-state index is 11.3. The van der Waals surface area contributed by atoms with Crippen molar-refractivity contribution in [1.82, 2.24) is 0 Å². The fourth-order valence-corrected chi connectivity index (χ4v) is 8.43. The van der Waals surface area contributed by atoms with E-state index in [4.69, 9.17) is 9.47 Å². The lowest BCUT2D eigenvalue weighted by Gasteiger charge is -2.65. The van der Waals surface area contributed by atoms with Crippen molar-refractivity contribution in [2.45, 2.75) is 57.8 Å². The van der Waals surface area contributed by atoms with Gasteiger partial charge in [-0.2, -0.15) is 0 Å². The van der Waals surface area contributed by atoms with Gasteiger partial charge in [0.15, 0.2) is 0 Å². The Morgan fingerprint density at radius 1 is 0.684 bits per heavy atom. The van der Waals surface area contributed by atoms with Crippen molar-refractivity contribution >= 4 is 11.9 Å². The molecule has 2 atom stereocenters. The Bertz CT molecular complexity index is 1390. The molecule has 0 radical (unpaired) electrons. The zero-order valence-electron chi connectivity index (χ0n) is 21.7. The van der Waals surface area contributed by atoms with Crippen LogP contribution in [-0.4, -0.2) is 22.2 Å². The van der Waals surface area contributed by atoms with E-state index in [0.29, 0.717) is 34.0 Å². The van der Waals surface area contributed by atoms with Gasteiger partial charge in [-0.1, -0.05) is 19.9 Å². The van der Waals surface area contributed by atoms with Crippen LogP contribution < -0.4 is 9.47 Å². The number of benzene rings is 3. The van der Waals surface area contributed by atoms with E-state index in [1.807, 2.05) is 12.1 Å². The Kier molecular flexibility index (Phi) is 5.56. The summed E-state index contributed by atoms with van der Waals surface area (Å²) in [6, 6.07) is 18.8. The van der Waals surface area contributed by atoms with Gasteiger partial charge in [-0.05, 0) is 110 Å². The maximum Gasteiger partial charge on any atom is 0.335 e. The number of carboxylic acids is 2. The first-order valence-electron chi connectivity index (χ1n) is 13.2. The molecule has 4 saturated carbocycles. The molecule has 38 heavy (non-hydrogen) atoms. The average Bonchev–Trinajstić information content (AvgIpc) is 2.82. The smallest absolute Gasteiger partial charge is 0.335 e. The fraction of sp³-hybridized carbons (Fsp3) is 0.375. The van der Waals surface area contributed by atoms with Crippen LogP contribution in [-0.2, 0) is 5.41 Å².